The second-order valence-electron chi connectivity index (χ2n) is 7.40. The number of amides is 2. The lowest BCUT2D eigenvalue weighted by Gasteiger charge is -2.39. The van der Waals surface area contributed by atoms with Gasteiger partial charge in [0, 0.05) is 50.7 Å². The largest absolute Gasteiger partial charge is 0.493 e. The van der Waals surface area contributed by atoms with Gasteiger partial charge >= 0.3 is 6.03 Å². The molecule has 2 saturated heterocycles. The fourth-order valence-corrected chi connectivity index (χ4v) is 3.99. The van der Waals surface area contributed by atoms with Gasteiger partial charge in [-0.2, -0.15) is 0 Å². The number of likely N-dealkylation sites (tertiary alicyclic amines) is 1. The number of benzene rings is 1. The molecule has 1 aromatic heterocycles. The average Bonchev–Trinajstić information content (AvgIpc) is 2.77. The van der Waals surface area contributed by atoms with Crippen molar-refractivity contribution in [2.45, 2.75) is 18.9 Å². The van der Waals surface area contributed by atoms with Crippen LogP contribution in [0.1, 0.15) is 12.8 Å². The molecule has 1 aromatic carbocycles. The first-order chi connectivity index (χ1) is 14.1. The highest BCUT2D eigenvalue weighted by atomic mass is 16.5. The summed E-state index contributed by atoms with van der Waals surface area (Å²) in [5.74, 6) is 2.10. The number of ether oxygens (including phenoxy) is 2. The zero-order chi connectivity index (χ0) is 20.4. The zero-order valence-corrected chi connectivity index (χ0v) is 16.9. The van der Waals surface area contributed by atoms with Gasteiger partial charge in [0.05, 0.1) is 25.8 Å². The predicted octanol–water partition coefficient (Wildman–Crippen LogP) is 1.35. The maximum absolute atomic E-state index is 12.8. The number of carbonyl (C=O) groups is 1. The van der Waals surface area contributed by atoms with Crippen molar-refractivity contribution in [3.8, 4) is 11.5 Å². The van der Waals surface area contributed by atoms with Crippen LogP contribution in [0.4, 0.5) is 10.6 Å². The number of rotatable bonds is 3. The lowest BCUT2D eigenvalue weighted by molar-refractivity contribution is 0.0805. The third-order valence-electron chi connectivity index (χ3n) is 5.70. The Hall–Kier alpha value is -2.81. The smallest absolute Gasteiger partial charge is 0.320 e. The van der Waals surface area contributed by atoms with Gasteiger partial charge in [0.15, 0.2) is 11.5 Å². The Morgan fingerprint density at radius 2 is 1.59 bits per heavy atom. The van der Waals surface area contributed by atoms with Crippen LogP contribution >= 0.6 is 0 Å². The molecule has 1 N–H and O–H groups in total. The molecule has 2 aliphatic heterocycles. The molecule has 3 heterocycles. The van der Waals surface area contributed by atoms with Crippen LogP contribution in [0.25, 0.3) is 10.9 Å². The van der Waals surface area contributed by atoms with E-state index in [0.29, 0.717) is 63.6 Å². The van der Waals surface area contributed by atoms with Crippen LogP contribution in [-0.4, -0.2) is 90.5 Å². The van der Waals surface area contributed by atoms with E-state index in [2.05, 4.69) is 14.9 Å². The van der Waals surface area contributed by atoms with Crippen LogP contribution in [0.2, 0.25) is 0 Å². The molecule has 0 atom stereocenters. The third-order valence-corrected chi connectivity index (χ3v) is 5.70. The Kier molecular flexibility index (Phi) is 5.57. The van der Waals surface area contributed by atoms with Crippen molar-refractivity contribution in [1.82, 2.24) is 19.8 Å². The molecule has 156 valence electrons. The van der Waals surface area contributed by atoms with Gasteiger partial charge in [0.2, 0.25) is 0 Å². The van der Waals surface area contributed by atoms with Gasteiger partial charge in [-0.15, -0.1) is 0 Å². The average molecular weight is 401 g/mol. The summed E-state index contributed by atoms with van der Waals surface area (Å²) in [5, 5.41) is 10.5. The molecule has 2 fully saturated rings. The lowest BCUT2D eigenvalue weighted by atomic mass is 10.1. The van der Waals surface area contributed by atoms with Gasteiger partial charge in [-0.1, -0.05) is 0 Å². The van der Waals surface area contributed by atoms with Gasteiger partial charge in [-0.3, -0.25) is 0 Å². The van der Waals surface area contributed by atoms with E-state index in [1.54, 1.807) is 20.5 Å². The van der Waals surface area contributed by atoms with Crippen LogP contribution in [0.3, 0.4) is 0 Å². The standard InChI is InChI=1S/C20H27N5O4/c1-28-17-11-15-16(12-18(17)29-2)21-13-22-19(15)23-7-9-25(10-8-23)20(27)24-5-3-14(26)4-6-24/h11-14,26H,3-10H2,1-2H3. The molecule has 0 saturated carbocycles. The molecule has 0 aliphatic carbocycles. The Labute approximate surface area is 169 Å². The first-order valence-electron chi connectivity index (χ1n) is 9.94. The van der Waals surface area contributed by atoms with E-state index in [-0.39, 0.29) is 12.1 Å². The number of aromatic nitrogens is 2. The number of nitrogens with zero attached hydrogens (tertiary/aromatic N) is 5. The fraction of sp³-hybridized carbons (Fsp3) is 0.550. The summed E-state index contributed by atoms with van der Waals surface area (Å²) in [6, 6.07) is 3.82. The van der Waals surface area contributed by atoms with E-state index in [0.717, 1.165) is 16.7 Å². The molecule has 2 aromatic rings. The number of anilines is 1. The molecule has 0 unspecified atom stereocenters. The second-order valence-corrected chi connectivity index (χ2v) is 7.40. The summed E-state index contributed by atoms with van der Waals surface area (Å²) in [4.78, 5) is 27.6. The van der Waals surface area contributed by atoms with Crippen LogP contribution in [0.5, 0.6) is 11.5 Å². The first kappa shape index (κ1) is 19.5. The lowest BCUT2D eigenvalue weighted by Crippen LogP contribution is -2.54. The number of piperidine rings is 1. The van der Waals surface area contributed by atoms with Crippen molar-refractivity contribution in [2.75, 3.05) is 58.4 Å². The maximum Gasteiger partial charge on any atom is 0.320 e. The minimum Gasteiger partial charge on any atom is -0.493 e. The van der Waals surface area contributed by atoms with E-state index < -0.39 is 0 Å². The minimum atomic E-state index is -0.280. The quantitative estimate of drug-likeness (QED) is 0.830. The van der Waals surface area contributed by atoms with E-state index in [1.807, 2.05) is 21.9 Å². The number of urea groups is 1. The van der Waals surface area contributed by atoms with E-state index in [1.165, 1.54) is 0 Å². The number of aliphatic hydroxyl groups is 1. The van der Waals surface area contributed by atoms with Crippen molar-refractivity contribution < 1.29 is 19.4 Å². The number of carbonyl (C=O) groups excluding carboxylic acids is 1. The summed E-state index contributed by atoms with van der Waals surface area (Å²) < 4.78 is 10.8. The van der Waals surface area contributed by atoms with Gasteiger partial charge in [-0.25, -0.2) is 14.8 Å². The Morgan fingerprint density at radius 3 is 2.24 bits per heavy atom. The van der Waals surface area contributed by atoms with Crippen molar-refractivity contribution in [3.63, 3.8) is 0 Å². The topological polar surface area (TPSA) is 91.3 Å². The highest BCUT2D eigenvalue weighted by molar-refractivity contribution is 5.92. The van der Waals surface area contributed by atoms with Crippen molar-refractivity contribution in [2.24, 2.45) is 0 Å². The third kappa shape index (κ3) is 3.87. The highest BCUT2D eigenvalue weighted by Gasteiger charge is 2.29. The summed E-state index contributed by atoms with van der Waals surface area (Å²) >= 11 is 0. The highest BCUT2D eigenvalue weighted by Crippen LogP contribution is 2.35. The molecule has 9 nitrogen and oxygen atoms in total. The maximum atomic E-state index is 12.8. The summed E-state index contributed by atoms with van der Waals surface area (Å²) in [6.07, 6.45) is 2.59. The molecule has 29 heavy (non-hydrogen) atoms. The van der Waals surface area contributed by atoms with Crippen molar-refractivity contribution >= 4 is 22.8 Å². The van der Waals surface area contributed by atoms with Crippen LogP contribution < -0.4 is 14.4 Å². The van der Waals surface area contributed by atoms with Gasteiger partial charge in [0.25, 0.3) is 0 Å². The van der Waals surface area contributed by atoms with Crippen LogP contribution in [-0.2, 0) is 0 Å². The summed E-state index contributed by atoms with van der Waals surface area (Å²) in [7, 11) is 3.21. The van der Waals surface area contributed by atoms with Crippen LogP contribution in [0, 0.1) is 0 Å². The second kappa shape index (κ2) is 8.28. The predicted molar refractivity (Wildman–Crippen MR) is 109 cm³/mol. The summed E-state index contributed by atoms with van der Waals surface area (Å²) in [6.45, 7) is 3.91. The number of methoxy groups -OCH3 is 2. The number of hydrogen-bond acceptors (Lipinski definition) is 7. The van der Waals surface area contributed by atoms with Gasteiger partial charge in [0.1, 0.15) is 12.1 Å². The SMILES string of the molecule is COc1cc2ncnc(N3CCN(C(=O)N4CCC(O)CC4)CC3)c2cc1OC. The van der Waals surface area contributed by atoms with Crippen molar-refractivity contribution in [3.05, 3.63) is 18.5 Å². The Balaban J connectivity index is 1.48. The molecule has 4 rings (SSSR count). The molecule has 0 radical (unpaired) electrons. The first-order valence-corrected chi connectivity index (χ1v) is 9.94. The fourth-order valence-electron chi connectivity index (χ4n) is 3.99. The Bertz CT molecular complexity index is 877. The molecule has 9 heteroatoms. The number of fused-ring (bicyclic) bond motifs is 1. The number of piperazine rings is 1. The van der Waals surface area contributed by atoms with E-state index in [4.69, 9.17) is 9.47 Å². The van der Waals surface area contributed by atoms with Gasteiger partial charge < -0.3 is 29.3 Å². The molecule has 2 amide bonds. The zero-order valence-electron chi connectivity index (χ0n) is 16.9. The summed E-state index contributed by atoms with van der Waals surface area (Å²) in [5.41, 5.74) is 0.790. The molecule has 0 spiro atoms. The molecule has 2 aliphatic rings. The molecular weight excluding hydrogens is 374 g/mol. The van der Waals surface area contributed by atoms with E-state index in [9.17, 15) is 9.90 Å². The van der Waals surface area contributed by atoms with Crippen LogP contribution in [0.15, 0.2) is 18.5 Å². The Morgan fingerprint density at radius 1 is 0.966 bits per heavy atom. The van der Waals surface area contributed by atoms with Gasteiger partial charge in [-0.05, 0) is 18.9 Å². The number of aliphatic hydroxyl groups excluding tert-OH is 1. The molecular formula is C20H27N5O4. The minimum absolute atomic E-state index is 0.0653. The van der Waals surface area contributed by atoms with E-state index >= 15 is 0 Å². The molecule has 0 bridgehead atoms. The normalized spacial score (nSPS) is 18.2. The monoisotopic (exact) mass is 401 g/mol. The number of hydrogen-bond donors (Lipinski definition) is 1. The van der Waals surface area contributed by atoms with Crippen molar-refractivity contribution in [1.29, 1.82) is 0 Å².